The van der Waals surface area contributed by atoms with Crippen molar-refractivity contribution in [1.82, 2.24) is 0 Å². The summed E-state index contributed by atoms with van der Waals surface area (Å²) in [4.78, 5) is 0. The van der Waals surface area contributed by atoms with Crippen LogP contribution in [0.1, 0.15) is 35.1 Å². The third kappa shape index (κ3) is 11.1. The molecule has 30 heavy (non-hydrogen) atoms. The third-order valence-corrected chi connectivity index (χ3v) is 4.05. The number of rotatable bonds is 2. The molecule has 0 saturated heterocycles. The van der Waals surface area contributed by atoms with Crippen LogP contribution in [0.5, 0.6) is 0 Å². The topological polar surface area (TPSA) is 0 Å². The maximum atomic E-state index is 3.31. The largest absolute Gasteiger partial charge is 1.00 e. The van der Waals surface area contributed by atoms with E-state index in [9.17, 15) is 0 Å². The molecular formula is C26H28Cl2GeZr-2. The fourth-order valence-electron chi connectivity index (χ4n) is 2.83. The Labute approximate surface area is 211 Å². The summed E-state index contributed by atoms with van der Waals surface area (Å²) in [6, 6.07) is 17.1. The van der Waals surface area contributed by atoms with Gasteiger partial charge in [0.2, 0.25) is 0 Å². The minimum Gasteiger partial charge on any atom is -1.00 e. The molecule has 0 bridgehead atoms. The molecule has 4 heteroatoms. The SMILES string of the molecule is Cc1cccc(C2=[C-]CC=C2)c1.Cc1cccc(C2=[C-]CC=C2)c1.[CH3][Ge]([CH3])=[Zr+2].[Cl-].[Cl-]. The Bertz CT molecular complexity index is 864. The molecule has 0 fully saturated rings. The van der Waals surface area contributed by atoms with Crippen LogP contribution in [0.3, 0.4) is 0 Å². The van der Waals surface area contributed by atoms with E-state index >= 15 is 0 Å². The van der Waals surface area contributed by atoms with Crippen LogP contribution in [-0.2, 0) is 21.6 Å². The molecule has 0 heterocycles. The summed E-state index contributed by atoms with van der Waals surface area (Å²) in [7, 11) is -0.243. The van der Waals surface area contributed by atoms with Crippen LogP contribution in [0.15, 0.2) is 72.8 Å². The Morgan fingerprint density at radius 2 is 1.10 bits per heavy atom. The number of allylic oxidation sites excluding steroid dienone is 8. The molecule has 0 N–H and O–H groups in total. The molecule has 0 aromatic heterocycles. The van der Waals surface area contributed by atoms with Crippen molar-refractivity contribution in [3.05, 3.63) is 107 Å². The molecule has 2 aromatic rings. The first-order valence-corrected chi connectivity index (χ1v) is 21.3. The fourth-order valence-corrected chi connectivity index (χ4v) is 2.83. The second-order valence-electron chi connectivity index (χ2n) is 7.13. The van der Waals surface area contributed by atoms with Crippen LogP contribution in [0.25, 0.3) is 11.1 Å². The standard InChI is InChI=1S/2C12H11.C2H6Ge.2ClH.Zr/c2*1-10-5-4-8-12(9-10)11-6-2-3-7-11;1-3-2;;;/h2*2,4-6,8-9H,3H2,1H3;1-2H3;2*1H;/q2*-1;;;;+2/p-2. The number of hydrogen-bond acceptors (Lipinski definition) is 0. The Morgan fingerprint density at radius 3 is 1.37 bits per heavy atom. The summed E-state index contributed by atoms with van der Waals surface area (Å²) >= 11 is 1.80. The Kier molecular flexibility index (Phi) is 15.8. The smallest absolute Gasteiger partial charge is 1.00 e. The summed E-state index contributed by atoms with van der Waals surface area (Å²) in [5.41, 5.74) is 7.65. The summed E-state index contributed by atoms with van der Waals surface area (Å²) in [5, 5.41) is 0. The van der Waals surface area contributed by atoms with Gasteiger partial charge in [0.1, 0.15) is 0 Å². The van der Waals surface area contributed by atoms with Gasteiger partial charge in [-0.2, -0.15) is 35.5 Å². The van der Waals surface area contributed by atoms with Crippen LogP contribution >= 0.6 is 0 Å². The van der Waals surface area contributed by atoms with Crippen molar-refractivity contribution in [1.29, 1.82) is 0 Å². The van der Waals surface area contributed by atoms with Crippen LogP contribution in [-0.4, -0.2) is 9.98 Å². The molecule has 0 spiro atoms. The van der Waals surface area contributed by atoms with Crippen molar-refractivity contribution in [2.75, 3.05) is 0 Å². The molecule has 0 amide bonds. The Hall–Kier alpha value is -0.594. The van der Waals surface area contributed by atoms with Crippen molar-refractivity contribution >= 4 is 21.1 Å². The molecule has 0 radical (unpaired) electrons. The predicted octanol–water partition coefficient (Wildman–Crippen LogP) is 1.08. The summed E-state index contributed by atoms with van der Waals surface area (Å²) in [6.07, 6.45) is 17.1. The molecule has 0 unspecified atom stereocenters. The van der Waals surface area contributed by atoms with E-state index in [-0.39, 0.29) is 34.8 Å². The van der Waals surface area contributed by atoms with Crippen LogP contribution in [0.2, 0.25) is 11.5 Å². The van der Waals surface area contributed by atoms with Gasteiger partial charge in [-0.1, -0.05) is 48.2 Å². The Morgan fingerprint density at radius 1 is 0.733 bits per heavy atom. The summed E-state index contributed by atoms with van der Waals surface area (Å²) in [6.45, 7) is 4.23. The molecule has 4 rings (SSSR count). The van der Waals surface area contributed by atoms with Crippen molar-refractivity contribution in [2.24, 2.45) is 0 Å². The number of hydrogen-bond donors (Lipinski definition) is 0. The Balaban J connectivity index is 0.000000452. The zero-order chi connectivity index (χ0) is 20.4. The first-order chi connectivity index (χ1) is 13.5. The maximum Gasteiger partial charge on any atom is -1.00 e. The van der Waals surface area contributed by atoms with Gasteiger partial charge in [0.25, 0.3) is 0 Å². The first-order valence-electron chi connectivity index (χ1n) is 9.66. The second-order valence-corrected chi connectivity index (χ2v) is 24.1. The van der Waals surface area contributed by atoms with Gasteiger partial charge in [0.15, 0.2) is 0 Å². The third-order valence-electron chi connectivity index (χ3n) is 4.05. The van der Waals surface area contributed by atoms with E-state index in [1.807, 2.05) is 0 Å². The number of aryl methyl sites for hydroxylation is 2. The molecule has 0 aliphatic heterocycles. The van der Waals surface area contributed by atoms with Gasteiger partial charge in [-0.15, -0.1) is 47.5 Å². The monoisotopic (exact) mass is 574 g/mol. The zero-order valence-corrected chi connectivity index (χ0v) is 24.2. The number of halogens is 2. The van der Waals surface area contributed by atoms with Crippen LogP contribution in [0.4, 0.5) is 0 Å². The van der Waals surface area contributed by atoms with Gasteiger partial charge in [0.05, 0.1) is 0 Å². The minimum atomic E-state index is -0.243. The van der Waals surface area contributed by atoms with Gasteiger partial charge in [0, 0.05) is 0 Å². The van der Waals surface area contributed by atoms with E-state index in [2.05, 4.69) is 110 Å². The maximum absolute atomic E-state index is 3.31. The molecule has 0 nitrogen and oxygen atoms in total. The first kappa shape index (κ1) is 29.4. The zero-order valence-electron chi connectivity index (χ0n) is 18.1. The van der Waals surface area contributed by atoms with E-state index in [0.717, 1.165) is 12.8 Å². The summed E-state index contributed by atoms with van der Waals surface area (Å²) < 4.78 is 0. The summed E-state index contributed by atoms with van der Waals surface area (Å²) in [5.74, 6) is 4.75. The van der Waals surface area contributed by atoms with Crippen molar-refractivity contribution in [3.63, 3.8) is 0 Å². The molecule has 0 saturated carbocycles. The van der Waals surface area contributed by atoms with E-state index < -0.39 is 0 Å². The average Bonchev–Trinajstić information content (AvgIpc) is 3.36. The molecule has 0 atom stereocenters. The van der Waals surface area contributed by atoms with E-state index in [1.54, 1.807) is 21.6 Å². The second kappa shape index (κ2) is 16.1. The van der Waals surface area contributed by atoms with Gasteiger partial charge >= 0.3 is 43.1 Å². The van der Waals surface area contributed by atoms with Gasteiger partial charge in [-0.05, 0) is 13.8 Å². The van der Waals surface area contributed by atoms with Gasteiger partial charge in [-0.25, -0.2) is 0 Å². The van der Waals surface area contributed by atoms with Crippen molar-refractivity contribution < 1.29 is 46.4 Å². The van der Waals surface area contributed by atoms with Crippen molar-refractivity contribution in [2.45, 2.75) is 38.2 Å². The van der Waals surface area contributed by atoms with Crippen molar-refractivity contribution in [3.8, 4) is 0 Å². The quantitative estimate of drug-likeness (QED) is 0.372. The minimum absolute atomic E-state index is 0. The van der Waals surface area contributed by atoms with E-state index in [1.165, 1.54) is 33.4 Å². The molecular weight excluding hydrogens is 547 g/mol. The van der Waals surface area contributed by atoms with Gasteiger partial charge < -0.3 is 24.8 Å². The normalized spacial score (nSPS) is 12.9. The van der Waals surface area contributed by atoms with Crippen LogP contribution in [0, 0.1) is 26.0 Å². The number of benzene rings is 2. The molecule has 2 aliphatic carbocycles. The van der Waals surface area contributed by atoms with Gasteiger partial charge in [-0.3, -0.25) is 0 Å². The van der Waals surface area contributed by atoms with Crippen LogP contribution < -0.4 is 24.8 Å². The molecule has 2 aliphatic rings. The molecule has 156 valence electrons. The predicted molar refractivity (Wildman–Crippen MR) is 121 cm³/mol. The van der Waals surface area contributed by atoms with E-state index in [0.29, 0.717) is 0 Å². The average molecular weight is 575 g/mol. The fraction of sp³-hybridized carbons (Fsp3) is 0.231. The van der Waals surface area contributed by atoms with E-state index in [4.69, 9.17) is 0 Å². The molecule has 2 aromatic carbocycles.